The highest BCUT2D eigenvalue weighted by molar-refractivity contribution is 5.90. The summed E-state index contributed by atoms with van der Waals surface area (Å²) in [5.74, 6) is 0.204. The normalized spacial score (nSPS) is 14.9. The maximum Gasteiger partial charge on any atom is 0.267 e. The highest BCUT2D eigenvalue weighted by atomic mass is 16.1. The molecular weight excluding hydrogens is 378 g/mol. The molecule has 0 atom stereocenters. The number of aromatic nitrogens is 5. The van der Waals surface area contributed by atoms with Gasteiger partial charge in [0.15, 0.2) is 0 Å². The Balaban J connectivity index is 1.32. The average Bonchev–Trinajstić information content (AvgIpc) is 3.21. The van der Waals surface area contributed by atoms with Gasteiger partial charge in [-0.05, 0) is 49.2 Å². The number of nitrogens with one attached hydrogen (secondary N) is 2. The first-order chi connectivity index (χ1) is 14.6. The van der Waals surface area contributed by atoms with Crippen LogP contribution < -0.4 is 11.1 Å². The molecule has 0 radical (unpaired) electrons. The number of fused-ring (bicyclic) bond motifs is 1. The number of carbonyl (C=O) groups excluding carboxylic acids is 1. The molecule has 0 unspecified atom stereocenters. The van der Waals surface area contributed by atoms with E-state index in [-0.39, 0.29) is 5.41 Å². The fraction of sp³-hybridized carbons (Fsp3) is 0.227. The van der Waals surface area contributed by atoms with Crippen LogP contribution in [0.2, 0.25) is 0 Å². The number of pyridine rings is 1. The molecule has 8 heteroatoms. The van der Waals surface area contributed by atoms with Crippen molar-refractivity contribution in [1.82, 2.24) is 25.4 Å². The van der Waals surface area contributed by atoms with E-state index in [4.69, 9.17) is 5.73 Å². The third-order valence-corrected chi connectivity index (χ3v) is 5.86. The van der Waals surface area contributed by atoms with Gasteiger partial charge >= 0.3 is 0 Å². The van der Waals surface area contributed by atoms with E-state index < -0.39 is 5.91 Å². The van der Waals surface area contributed by atoms with Gasteiger partial charge in [-0.1, -0.05) is 18.6 Å². The first kappa shape index (κ1) is 18.2. The van der Waals surface area contributed by atoms with Gasteiger partial charge < -0.3 is 11.1 Å². The smallest absolute Gasteiger partial charge is 0.267 e. The average molecular weight is 399 g/mol. The van der Waals surface area contributed by atoms with Gasteiger partial charge in [0.25, 0.3) is 5.91 Å². The number of primary amides is 1. The van der Waals surface area contributed by atoms with Crippen LogP contribution in [0.3, 0.4) is 0 Å². The molecule has 3 aromatic heterocycles. The number of H-pyrrole nitrogens is 1. The third-order valence-electron chi connectivity index (χ3n) is 5.86. The molecule has 0 saturated heterocycles. The summed E-state index contributed by atoms with van der Waals surface area (Å²) in [7, 11) is 0. The fourth-order valence-electron chi connectivity index (χ4n) is 3.94. The van der Waals surface area contributed by atoms with Crippen LogP contribution in [0.4, 0.5) is 5.82 Å². The number of rotatable bonds is 6. The third kappa shape index (κ3) is 3.26. The second-order valence-corrected chi connectivity index (χ2v) is 7.74. The highest BCUT2D eigenvalue weighted by Gasteiger charge is 2.40. The SMILES string of the molecule is NC(=O)c1cccc(C2(CNc3ccc(-c4ccc5[nH]ncc5c4)nn3)CCC2)n1. The maximum absolute atomic E-state index is 11.5. The Bertz CT molecular complexity index is 1210. The zero-order valence-electron chi connectivity index (χ0n) is 16.3. The van der Waals surface area contributed by atoms with E-state index in [0.29, 0.717) is 18.1 Å². The molecule has 150 valence electrons. The Labute approximate surface area is 172 Å². The molecule has 0 aliphatic heterocycles. The molecule has 0 spiro atoms. The van der Waals surface area contributed by atoms with Crippen molar-refractivity contribution in [3.8, 4) is 11.3 Å². The number of nitrogens with zero attached hydrogens (tertiary/aromatic N) is 4. The Hall–Kier alpha value is -3.81. The summed E-state index contributed by atoms with van der Waals surface area (Å²) in [5.41, 5.74) is 9.27. The summed E-state index contributed by atoms with van der Waals surface area (Å²) in [6, 6.07) is 15.4. The molecule has 5 rings (SSSR count). The van der Waals surface area contributed by atoms with Gasteiger partial charge in [-0.3, -0.25) is 9.89 Å². The molecule has 1 aromatic carbocycles. The highest BCUT2D eigenvalue weighted by Crippen LogP contribution is 2.43. The van der Waals surface area contributed by atoms with E-state index in [9.17, 15) is 4.79 Å². The molecule has 4 N–H and O–H groups in total. The molecule has 30 heavy (non-hydrogen) atoms. The molecule has 3 heterocycles. The first-order valence-electron chi connectivity index (χ1n) is 9.91. The van der Waals surface area contributed by atoms with Gasteiger partial charge in [0.1, 0.15) is 11.5 Å². The predicted octanol–water partition coefficient (Wildman–Crippen LogP) is 3.05. The van der Waals surface area contributed by atoms with Crippen LogP contribution in [-0.4, -0.2) is 37.8 Å². The number of hydrogen-bond acceptors (Lipinski definition) is 6. The molecule has 4 aromatic rings. The topological polar surface area (TPSA) is 122 Å². The second-order valence-electron chi connectivity index (χ2n) is 7.74. The summed E-state index contributed by atoms with van der Waals surface area (Å²) in [6.07, 6.45) is 4.93. The number of hydrogen-bond donors (Lipinski definition) is 3. The van der Waals surface area contributed by atoms with Crippen molar-refractivity contribution in [1.29, 1.82) is 0 Å². The zero-order valence-corrected chi connectivity index (χ0v) is 16.3. The maximum atomic E-state index is 11.5. The van der Waals surface area contributed by atoms with Crippen LogP contribution in [0, 0.1) is 0 Å². The van der Waals surface area contributed by atoms with Gasteiger partial charge in [0.05, 0.1) is 17.4 Å². The quantitative estimate of drug-likeness (QED) is 0.458. The number of benzene rings is 1. The molecule has 1 fully saturated rings. The van der Waals surface area contributed by atoms with E-state index in [1.165, 1.54) is 0 Å². The van der Waals surface area contributed by atoms with Gasteiger partial charge in [-0.2, -0.15) is 5.10 Å². The summed E-state index contributed by atoms with van der Waals surface area (Å²) in [4.78, 5) is 16.0. The van der Waals surface area contributed by atoms with Crippen LogP contribution in [-0.2, 0) is 5.41 Å². The first-order valence-corrected chi connectivity index (χ1v) is 9.91. The number of carbonyl (C=O) groups is 1. The number of aromatic amines is 1. The Morgan fingerprint density at radius 1 is 1.13 bits per heavy atom. The molecule has 1 aliphatic carbocycles. The van der Waals surface area contributed by atoms with Crippen molar-refractivity contribution >= 4 is 22.6 Å². The van der Waals surface area contributed by atoms with Crippen molar-refractivity contribution < 1.29 is 4.79 Å². The number of amides is 1. The molecule has 1 aliphatic rings. The molecular formula is C22H21N7O. The van der Waals surface area contributed by atoms with Crippen LogP contribution in [0.5, 0.6) is 0 Å². The minimum absolute atomic E-state index is 0.113. The zero-order chi connectivity index (χ0) is 20.6. The van der Waals surface area contributed by atoms with Crippen molar-refractivity contribution in [3.05, 3.63) is 66.1 Å². The summed E-state index contributed by atoms with van der Waals surface area (Å²) >= 11 is 0. The van der Waals surface area contributed by atoms with Crippen LogP contribution in [0.1, 0.15) is 35.4 Å². The fourth-order valence-corrected chi connectivity index (χ4v) is 3.94. The van der Waals surface area contributed by atoms with Crippen LogP contribution in [0.25, 0.3) is 22.2 Å². The molecule has 1 saturated carbocycles. The van der Waals surface area contributed by atoms with E-state index in [1.54, 1.807) is 12.3 Å². The Kier molecular flexibility index (Phi) is 4.39. The predicted molar refractivity (Wildman–Crippen MR) is 114 cm³/mol. The Morgan fingerprint density at radius 2 is 2.03 bits per heavy atom. The minimum atomic E-state index is -0.505. The van der Waals surface area contributed by atoms with Crippen LogP contribution in [0.15, 0.2) is 54.7 Å². The summed E-state index contributed by atoms with van der Waals surface area (Å²) < 4.78 is 0. The van der Waals surface area contributed by atoms with Gasteiger partial charge in [-0.15, -0.1) is 10.2 Å². The summed E-state index contributed by atoms with van der Waals surface area (Å²) in [5, 5.41) is 20.1. The van der Waals surface area contributed by atoms with E-state index >= 15 is 0 Å². The number of anilines is 1. The van der Waals surface area contributed by atoms with E-state index in [1.807, 2.05) is 42.5 Å². The lowest BCUT2D eigenvalue weighted by Crippen LogP contribution is -2.42. The standard InChI is InChI=1S/C22H21N7O/c23-21(30)18-3-1-4-19(26-18)22(9-2-10-22)13-24-20-8-7-16(28-29-20)14-5-6-17-15(11-14)12-25-27-17/h1,3-8,11-12H,2,9-10,13H2,(H2,23,30)(H,24,29)(H,25,27). The lowest BCUT2D eigenvalue weighted by atomic mass is 9.66. The monoisotopic (exact) mass is 399 g/mol. The largest absolute Gasteiger partial charge is 0.368 e. The van der Waals surface area contributed by atoms with Crippen molar-refractivity contribution in [3.63, 3.8) is 0 Å². The number of nitrogens with two attached hydrogens (primary N) is 1. The van der Waals surface area contributed by atoms with Crippen molar-refractivity contribution in [2.45, 2.75) is 24.7 Å². The van der Waals surface area contributed by atoms with Gasteiger partial charge in [-0.25, -0.2) is 4.98 Å². The van der Waals surface area contributed by atoms with Crippen molar-refractivity contribution in [2.24, 2.45) is 5.73 Å². The lowest BCUT2D eigenvalue weighted by Gasteiger charge is -2.41. The molecule has 8 nitrogen and oxygen atoms in total. The van der Waals surface area contributed by atoms with E-state index in [0.717, 1.165) is 47.1 Å². The van der Waals surface area contributed by atoms with Gasteiger partial charge in [0, 0.05) is 28.6 Å². The summed E-state index contributed by atoms with van der Waals surface area (Å²) in [6.45, 7) is 0.678. The van der Waals surface area contributed by atoms with Gasteiger partial charge in [0.2, 0.25) is 0 Å². The van der Waals surface area contributed by atoms with E-state index in [2.05, 4.69) is 30.7 Å². The molecule has 0 bridgehead atoms. The molecule has 1 amide bonds. The van der Waals surface area contributed by atoms with Crippen molar-refractivity contribution in [2.75, 3.05) is 11.9 Å². The second kappa shape index (κ2) is 7.22. The van der Waals surface area contributed by atoms with Crippen LogP contribution >= 0.6 is 0 Å². The lowest BCUT2D eigenvalue weighted by molar-refractivity contribution is 0.0994. The Morgan fingerprint density at radius 3 is 2.77 bits per heavy atom. The minimum Gasteiger partial charge on any atom is -0.368 e.